The van der Waals surface area contributed by atoms with Crippen LogP contribution in [-0.2, 0) is 11.3 Å². The van der Waals surface area contributed by atoms with Crippen LogP contribution in [0, 0.1) is 5.41 Å². The molecule has 0 radical (unpaired) electrons. The molecule has 110 valence electrons. The van der Waals surface area contributed by atoms with Crippen LogP contribution in [0.1, 0.15) is 26.5 Å². The lowest BCUT2D eigenvalue weighted by atomic mass is 9.93. The van der Waals surface area contributed by atoms with Crippen molar-refractivity contribution in [1.29, 1.82) is 0 Å². The predicted molar refractivity (Wildman–Crippen MR) is 80.0 cm³/mol. The van der Waals surface area contributed by atoms with Gasteiger partial charge in [-0.3, -0.25) is 9.78 Å². The summed E-state index contributed by atoms with van der Waals surface area (Å²) in [6, 6.07) is 5.71. The summed E-state index contributed by atoms with van der Waals surface area (Å²) in [5.74, 6) is 0.304. The molecule has 1 amide bonds. The van der Waals surface area contributed by atoms with Gasteiger partial charge >= 0.3 is 0 Å². The maximum Gasteiger partial charge on any atom is 0.224 e. The summed E-state index contributed by atoms with van der Waals surface area (Å²) in [5.41, 5.74) is 5.61. The Balaban J connectivity index is 2.62. The van der Waals surface area contributed by atoms with Crippen LogP contribution in [0.3, 0.4) is 0 Å². The van der Waals surface area contributed by atoms with E-state index in [9.17, 15) is 4.79 Å². The molecule has 0 aromatic carbocycles. The van der Waals surface area contributed by atoms with Crippen LogP contribution in [0.15, 0.2) is 29.4 Å². The topological polar surface area (TPSA) is 92.4 Å². The number of guanidine groups is 1. The number of carbonyl (C=O) groups is 1. The number of carbonyl (C=O) groups excluding carboxylic acids is 1. The van der Waals surface area contributed by atoms with Crippen molar-refractivity contribution in [1.82, 2.24) is 15.6 Å². The number of aromatic nitrogens is 1. The zero-order valence-electron chi connectivity index (χ0n) is 12.3. The molecule has 1 aromatic heterocycles. The van der Waals surface area contributed by atoms with E-state index in [2.05, 4.69) is 20.6 Å². The molecule has 20 heavy (non-hydrogen) atoms. The maximum absolute atomic E-state index is 11.3. The van der Waals surface area contributed by atoms with Gasteiger partial charge in [0.2, 0.25) is 5.91 Å². The van der Waals surface area contributed by atoms with E-state index in [-0.39, 0.29) is 5.91 Å². The standard InChI is InChI=1S/C14H23N5O/c1-4-16-13(19-10-14(2,3)12(15)20)18-9-11-7-5-6-8-17-11/h5-8H,4,9-10H2,1-3H3,(H2,15,20)(H2,16,18,19). The number of nitrogens with one attached hydrogen (secondary N) is 2. The Hall–Kier alpha value is -2.11. The van der Waals surface area contributed by atoms with Crippen LogP contribution >= 0.6 is 0 Å². The molecule has 0 unspecified atom stereocenters. The van der Waals surface area contributed by atoms with Crippen LogP contribution in [0.25, 0.3) is 0 Å². The summed E-state index contributed by atoms with van der Waals surface area (Å²) in [4.78, 5) is 19.9. The molecule has 1 aromatic rings. The van der Waals surface area contributed by atoms with Crippen LogP contribution in [-0.4, -0.2) is 29.9 Å². The van der Waals surface area contributed by atoms with Gasteiger partial charge in [-0.15, -0.1) is 0 Å². The first-order valence-corrected chi connectivity index (χ1v) is 6.67. The normalized spacial score (nSPS) is 12.1. The van der Waals surface area contributed by atoms with Gasteiger partial charge in [-0.05, 0) is 32.9 Å². The fourth-order valence-electron chi connectivity index (χ4n) is 1.39. The fourth-order valence-corrected chi connectivity index (χ4v) is 1.39. The van der Waals surface area contributed by atoms with Gasteiger partial charge in [-0.1, -0.05) is 6.07 Å². The molecule has 0 atom stereocenters. The minimum absolute atomic E-state index is 0.342. The molecule has 0 saturated carbocycles. The number of nitrogens with zero attached hydrogens (tertiary/aromatic N) is 2. The van der Waals surface area contributed by atoms with E-state index in [0.29, 0.717) is 19.0 Å². The minimum Gasteiger partial charge on any atom is -0.369 e. The van der Waals surface area contributed by atoms with E-state index in [1.54, 1.807) is 20.0 Å². The van der Waals surface area contributed by atoms with E-state index in [1.807, 2.05) is 25.1 Å². The number of pyridine rings is 1. The van der Waals surface area contributed by atoms with Crippen LogP contribution in [0.4, 0.5) is 0 Å². The van der Waals surface area contributed by atoms with Crippen LogP contribution < -0.4 is 16.4 Å². The third-order valence-electron chi connectivity index (χ3n) is 2.83. The van der Waals surface area contributed by atoms with Crippen molar-refractivity contribution in [3.63, 3.8) is 0 Å². The first-order chi connectivity index (χ1) is 9.45. The Morgan fingerprint density at radius 3 is 2.70 bits per heavy atom. The van der Waals surface area contributed by atoms with Gasteiger partial charge in [0.15, 0.2) is 5.96 Å². The second kappa shape index (κ2) is 7.47. The Morgan fingerprint density at radius 2 is 2.15 bits per heavy atom. The van der Waals surface area contributed by atoms with Gasteiger partial charge in [-0.2, -0.15) is 0 Å². The monoisotopic (exact) mass is 277 g/mol. The molecular weight excluding hydrogens is 254 g/mol. The predicted octanol–water partition coefficient (Wildman–Crippen LogP) is 0.648. The van der Waals surface area contributed by atoms with Crippen LogP contribution in [0.2, 0.25) is 0 Å². The molecule has 4 N–H and O–H groups in total. The number of primary amides is 1. The molecule has 0 bridgehead atoms. The van der Waals surface area contributed by atoms with Crippen molar-refractivity contribution < 1.29 is 4.79 Å². The first-order valence-electron chi connectivity index (χ1n) is 6.67. The van der Waals surface area contributed by atoms with Gasteiger partial charge in [-0.25, -0.2) is 4.99 Å². The quantitative estimate of drug-likeness (QED) is 0.526. The van der Waals surface area contributed by atoms with Crippen molar-refractivity contribution in [2.24, 2.45) is 16.1 Å². The second-order valence-corrected chi connectivity index (χ2v) is 5.12. The first kappa shape index (κ1) is 15.9. The highest BCUT2D eigenvalue weighted by Gasteiger charge is 2.24. The summed E-state index contributed by atoms with van der Waals surface area (Å²) < 4.78 is 0. The zero-order valence-corrected chi connectivity index (χ0v) is 12.3. The van der Waals surface area contributed by atoms with Gasteiger partial charge in [0.25, 0.3) is 0 Å². The number of hydrogen-bond acceptors (Lipinski definition) is 3. The summed E-state index contributed by atoms with van der Waals surface area (Å²) in [6.07, 6.45) is 1.74. The highest BCUT2D eigenvalue weighted by atomic mass is 16.1. The van der Waals surface area contributed by atoms with Gasteiger partial charge in [0.05, 0.1) is 17.7 Å². The van der Waals surface area contributed by atoms with Gasteiger partial charge in [0.1, 0.15) is 0 Å². The minimum atomic E-state index is -0.624. The average Bonchev–Trinajstić information content (AvgIpc) is 2.43. The third-order valence-corrected chi connectivity index (χ3v) is 2.83. The number of amides is 1. The largest absolute Gasteiger partial charge is 0.369 e. The van der Waals surface area contributed by atoms with Crippen molar-refractivity contribution >= 4 is 11.9 Å². The van der Waals surface area contributed by atoms with Crippen molar-refractivity contribution in [2.75, 3.05) is 13.1 Å². The molecule has 0 aliphatic heterocycles. The highest BCUT2D eigenvalue weighted by molar-refractivity contribution is 5.83. The SMILES string of the molecule is CCNC(=NCc1ccccn1)NCC(C)(C)C(N)=O. The van der Waals surface area contributed by atoms with Crippen molar-refractivity contribution in [3.8, 4) is 0 Å². The Kier molecular flexibility index (Phi) is 5.96. The number of hydrogen-bond donors (Lipinski definition) is 3. The van der Waals surface area contributed by atoms with Crippen LogP contribution in [0.5, 0.6) is 0 Å². The van der Waals surface area contributed by atoms with E-state index in [1.165, 1.54) is 0 Å². The zero-order chi connectivity index (χ0) is 15.0. The fraction of sp³-hybridized carbons (Fsp3) is 0.500. The molecule has 6 heteroatoms. The van der Waals surface area contributed by atoms with E-state index >= 15 is 0 Å². The molecule has 6 nitrogen and oxygen atoms in total. The number of aliphatic imine (C=N–C) groups is 1. The molecule has 0 saturated heterocycles. The lowest BCUT2D eigenvalue weighted by Gasteiger charge is -2.22. The lowest BCUT2D eigenvalue weighted by molar-refractivity contribution is -0.125. The molecule has 0 fully saturated rings. The van der Waals surface area contributed by atoms with Gasteiger partial charge in [0, 0.05) is 19.3 Å². The van der Waals surface area contributed by atoms with E-state index in [0.717, 1.165) is 12.2 Å². The third kappa shape index (κ3) is 5.26. The maximum atomic E-state index is 11.3. The molecule has 1 rings (SSSR count). The van der Waals surface area contributed by atoms with E-state index < -0.39 is 5.41 Å². The molecule has 0 aliphatic carbocycles. The average molecular weight is 277 g/mol. The smallest absolute Gasteiger partial charge is 0.224 e. The molecular formula is C14H23N5O. The molecule has 1 heterocycles. The van der Waals surface area contributed by atoms with Crippen molar-refractivity contribution in [2.45, 2.75) is 27.3 Å². The van der Waals surface area contributed by atoms with Crippen molar-refractivity contribution in [3.05, 3.63) is 30.1 Å². The van der Waals surface area contributed by atoms with E-state index in [4.69, 9.17) is 5.73 Å². The lowest BCUT2D eigenvalue weighted by Crippen LogP contribution is -2.46. The Morgan fingerprint density at radius 1 is 1.40 bits per heavy atom. The summed E-state index contributed by atoms with van der Waals surface area (Å²) >= 11 is 0. The highest BCUT2D eigenvalue weighted by Crippen LogP contribution is 2.11. The molecule has 0 spiro atoms. The number of rotatable bonds is 6. The number of nitrogens with two attached hydrogens (primary N) is 1. The Labute approximate surface area is 119 Å². The second-order valence-electron chi connectivity index (χ2n) is 5.12. The van der Waals surface area contributed by atoms with Gasteiger partial charge < -0.3 is 16.4 Å². The summed E-state index contributed by atoms with van der Waals surface area (Å²) in [5, 5.41) is 6.25. The summed E-state index contributed by atoms with van der Waals surface area (Å²) in [7, 11) is 0. The Bertz CT molecular complexity index is 456. The summed E-state index contributed by atoms with van der Waals surface area (Å²) in [6.45, 7) is 7.22. The molecule has 0 aliphatic rings.